The lowest BCUT2D eigenvalue weighted by Crippen LogP contribution is -2.28. The fourth-order valence-corrected chi connectivity index (χ4v) is 3.19. The predicted octanol–water partition coefficient (Wildman–Crippen LogP) is 0.958. The number of rotatable bonds is 5. The highest BCUT2D eigenvalue weighted by molar-refractivity contribution is 7.89. The first-order chi connectivity index (χ1) is 9.95. The molecule has 0 aliphatic carbocycles. The number of pyridine rings is 1. The summed E-state index contributed by atoms with van der Waals surface area (Å²) in [6.07, 6.45) is 1.75. The molecule has 2 aromatic rings. The van der Waals surface area contributed by atoms with Gasteiger partial charge in [-0.15, -0.1) is 0 Å². The average molecular weight is 308 g/mol. The number of sulfonamides is 1. The predicted molar refractivity (Wildman–Crippen MR) is 79.7 cm³/mol. The highest BCUT2D eigenvalue weighted by Crippen LogP contribution is 2.23. The van der Waals surface area contributed by atoms with E-state index in [9.17, 15) is 8.42 Å². The van der Waals surface area contributed by atoms with Gasteiger partial charge in [-0.1, -0.05) is 11.2 Å². The van der Waals surface area contributed by atoms with Gasteiger partial charge in [-0.25, -0.2) is 13.1 Å². The molecule has 0 unspecified atom stereocenters. The minimum atomic E-state index is -3.69. The van der Waals surface area contributed by atoms with Crippen molar-refractivity contribution in [3.63, 3.8) is 0 Å². The summed E-state index contributed by atoms with van der Waals surface area (Å²) in [7, 11) is -3.69. The number of aromatic nitrogens is 1. The Bertz CT molecular complexity index is 787. The lowest BCUT2D eigenvalue weighted by atomic mass is 10.1. The van der Waals surface area contributed by atoms with Gasteiger partial charge in [0.15, 0.2) is 0 Å². The Morgan fingerprint density at radius 2 is 2.19 bits per heavy atom. The molecule has 0 bridgehead atoms. The molecule has 0 atom stereocenters. The van der Waals surface area contributed by atoms with E-state index in [1.54, 1.807) is 30.5 Å². The second-order valence-corrected chi connectivity index (χ2v) is 6.25. The number of aryl methyl sites for hydroxylation is 1. The minimum Gasteiger partial charge on any atom is -0.409 e. The summed E-state index contributed by atoms with van der Waals surface area (Å²) in [5.74, 6) is -0.0341. The minimum absolute atomic E-state index is 0.0341. The first kappa shape index (κ1) is 15.2. The number of fused-ring (bicyclic) bond motifs is 1. The van der Waals surface area contributed by atoms with Gasteiger partial charge in [-0.3, -0.25) is 4.98 Å². The Labute approximate surface area is 122 Å². The lowest BCUT2D eigenvalue weighted by molar-refractivity contribution is 0.317. The molecule has 0 aliphatic rings. The van der Waals surface area contributed by atoms with E-state index in [1.807, 2.05) is 6.92 Å². The molecule has 0 spiro atoms. The van der Waals surface area contributed by atoms with Crippen molar-refractivity contribution in [3.05, 3.63) is 36.0 Å². The van der Waals surface area contributed by atoms with Gasteiger partial charge < -0.3 is 10.9 Å². The topological polar surface area (TPSA) is 118 Å². The van der Waals surface area contributed by atoms with Crippen LogP contribution in [0.3, 0.4) is 0 Å². The molecule has 0 radical (unpaired) electrons. The molecule has 1 aromatic heterocycles. The summed E-state index contributed by atoms with van der Waals surface area (Å²) >= 11 is 0. The van der Waals surface area contributed by atoms with Crippen molar-refractivity contribution >= 4 is 26.8 Å². The molecule has 8 heteroatoms. The van der Waals surface area contributed by atoms with E-state index in [0.717, 1.165) is 5.56 Å². The second-order valence-electron chi connectivity index (χ2n) is 4.52. The van der Waals surface area contributed by atoms with Crippen molar-refractivity contribution in [1.29, 1.82) is 0 Å². The Kier molecular flexibility index (Phi) is 4.39. The van der Waals surface area contributed by atoms with Crippen molar-refractivity contribution in [1.82, 2.24) is 9.71 Å². The van der Waals surface area contributed by atoms with Gasteiger partial charge in [-0.2, -0.15) is 0 Å². The fraction of sp³-hybridized carbons (Fsp3) is 0.231. The number of hydrogen-bond acceptors (Lipinski definition) is 5. The highest BCUT2D eigenvalue weighted by atomic mass is 32.2. The number of benzene rings is 1. The Morgan fingerprint density at radius 3 is 2.90 bits per heavy atom. The monoisotopic (exact) mass is 308 g/mol. The molecule has 0 saturated carbocycles. The van der Waals surface area contributed by atoms with E-state index in [4.69, 9.17) is 10.9 Å². The maximum absolute atomic E-state index is 12.3. The van der Waals surface area contributed by atoms with E-state index in [-0.39, 0.29) is 23.7 Å². The molecule has 7 nitrogen and oxygen atoms in total. The van der Waals surface area contributed by atoms with Crippen LogP contribution in [-0.2, 0) is 10.0 Å². The van der Waals surface area contributed by atoms with Crippen LogP contribution >= 0.6 is 0 Å². The van der Waals surface area contributed by atoms with Crippen molar-refractivity contribution in [3.8, 4) is 0 Å². The summed E-state index contributed by atoms with van der Waals surface area (Å²) in [6, 6.07) is 6.67. The molecule has 1 heterocycles. The van der Waals surface area contributed by atoms with Crippen LogP contribution in [0.5, 0.6) is 0 Å². The SMILES string of the molecule is Cc1ccc(S(=O)(=O)NCC/C(N)=N/O)c2cccnc12. The molecule has 0 saturated heterocycles. The highest BCUT2D eigenvalue weighted by Gasteiger charge is 2.18. The summed E-state index contributed by atoms with van der Waals surface area (Å²) in [5, 5.41) is 11.8. The average Bonchev–Trinajstić information content (AvgIpc) is 2.47. The molecule has 0 aliphatic heterocycles. The third-order valence-corrected chi connectivity index (χ3v) is 4.54. The van der Waals surface area contributed by atoms with E-state index < -0.39 is 10.0 Å². The normalized spacial score (nSPS) is 12.7. The Hall–Kier alpha value is -2.19. The zero-order valence-corrected chi connectivity index (χ0v) is 12.3. The Morgan fingerprint density at radius 1 is 1.43 bits per heavy atom. The number of hydrogen-bond donors (Lipinski definition) is 3. The van der Waals surface area contributed by atoms with Crippen molar-refractivity contribution in [2.75, 3.05) is 6.54 Å². The summed E-state index contributed by atoms with van der Waals surface area (Å²) in [4.78, 5) is 4.37. The number of oxime groups is 1. The van der Waals surface area contributed by atoms with Crippen LogP contribution in [0.4, 0.5) is 0 Å². The molecule has 21 heavy (non-hydrogen) atoms. The zero-order valence-electron chi connectivity index (χ0n) is 11.4. The maximum Gasteiger partial charge on any atom is 0.241 e. The quantitative estimate of drug-likeness (QED) is 0.329. The van der Waals surface area contributed by atoms with Crippen molar-refractivity contribution in [2.45, 2.75) is 18.2 Å². The second kappa shape index (κ2) is 6.06. The lowest BCUT2D eigenvalue weighted by Gasteiger charge is -2.10. The third kappa shape index (κ3) is 3.29. The third-order valence-electron chi connectivity index (χ3n) is 3.02. The van der Waals surface area contributed by atoms with Crippen molar-refractivity contribution in [2.24, 2.45) is 10.9 Å². The number of nitrogens with zero attached hydrogens (tertiary/aromatic N) is 2. The van der Waals surface area contributed by atoms with E-state index in [0.29, 0.717) is 10.9 Å². The first-order valence-corrected chi connectivity index (χ1v) is 7.74. The number of nitrogens with two attached hydrogens (primary N) is 1. The summed E-state index contributed by atoms with van der Waals surface area (Å²) < 4.78 is 27.1. The van der Waals surface area contributed by atoms with Crippen LogP contribution in [-0.4, -0.2) is 31.0 Å². The van der Waals surface area contributed by atoms with Gasteiger partial charge in [-0.05, 0) is 30.7 Å². The van der Waals surface area contributed by atoms with Gasteiger partial charge >= 0.3 is 0 Å². The van der Waals surface area contributed by atoms with Crippen LogP contribution in [0, 0.1) is 6.92 Å². The van der Waals surface area contributed by atoms with E-state index in [1.165, 1.54) is 0 Å². The molecule has 112 valence electrons. The summed E-state index contributed by atoms with van der Waals surface area (Å²) in [6.45, 7) is 1.92. The zero-order chi connectivity index (χ0) is 15.5. The largest absolute Gasteiger partial charge is 0.409 e. The van der Waals surface area contributed by atoms with Crippen LogP contribution < -0.4 is 10.5 Å². The van der Waals surface area contributed by atoms with Gasteiger partial charge in [0.25, 0.3) is 0 Å². The van der Waals surface area contributed by atoms with Gasteiger partial charge in [0.1, 0.15) is 5.84 Å². The Balaban J connectivity index is 2.35. The smallest absolute Gasteiger partial charge is 0.241 e. The molecule has 0 amide bonds. The molecule has 1 aromatic carbocycles. The maximum atomic E-state index is 12.3. The standard InChI is InChI=1S/C13H16N4O3S/c1-9-4-5-11(10-3-2-7-15-13(9)10)21(19,20)16-8-6-12(14)17-18/h2-5,7,16,18H,6,8H2,1H3,(H2,14,17). The fourth-order valence-electron chi connectivity index (χ4n) is 1.96. The van der Waals surface area contributed by atoms with Crippen LogP contribution in [0.15, 0.2) is 40.5 Å². The summed E-state index contributed by atoms with van der Waals surface area (Å²) in [5.41, 5.74) is 6.86. The molecule has 2 rings (SSSR count). The first-order valence-electron chi connectivity index (χ1n) is 6.26. The van der Waals surface area contributed by atoms with Crippen molar-refractivity contribution < 1.29 is 13.6 Å². The number of nitrogens with one attached hydrogen (secondary N) is 1. The molecule has 0 fully saturated rings. The van der Waals surface area contributed by atoms with Crippen LogP contribution in [0.2, 0.25) is 0 Å². The van der Waals surface area contributed by atoms with Gasteiger partial charge in [0.05, 0.1) is 10.4 Å². The molecular formula is C13H16N4O3S. The van der Waals surface area contributed by atoms with E-state index in [2.05, 4.69) is 14.9 Å². The van der Waals surface area contributed by atoms with E-state index >= 15 is 0 Å². The van der Waals surface area contributed by atoms with Crippen LogP contribution in [0.1, 0.15) is 12.0 Å². The molecular weight excluding hydrogens is 292 g/mol. The van der Waals surface area contributed by atoms with Gasteiger partial charge in [0.2, 0.25) is 10.0 Å². The van der Waals surface area contributed by atoms with Crippen LogP contribution in [0.25, 0.3) is 10.9 Å². The van der Waals surface area contributed by atoms with Gasteiger partial charge in [0, 0.05) is 24.5 Å². The molecule has 4 N–H and O–H groups in total. The number of amidine groups is 1.